The van der Waals surface area contributed by atoms with Gasteiger partial charge in [-0.15, -0.1) is 0 Å². The molecule has 1 N–H and O–H groups in total. The fourth-order valence-electron chi connectivity index (χ4n) is 2.50. The predicted molar refractivity (Wildman–Crippen MR) is 109 cm³/mol. The molecule has 8 heteroatoms. The molecule has 2 aromatic carbocycles. The molecular weight excluding hydrogens is 380 g/mol. The minimum Gasteiger partial charge on any atom is -0.497 e. The maximum absolute atomic E-state index is 12.4. The molecule has 0 aliphatic carbocycles. The van der Waals surface area contributed by atoms with E-state index in [0.717, 1.165) is 21.9 Å². The Bertz CT molecular complexity index is 880. The third kappa shape index (κ3) is 6.45. The van der Waals surface area contributed by atoms with Crippen LogP contribution in [0.15, 0.2) is 48.5 Å². The highest BCUT2D eigenvalue weighted by molar-refractivity contribution is 7.92. The van der Waals surface area contributed by atoms with Crippen LogP contribution in [0.2, 0.25) is 0 Å². The fraction of sp³-hybridized carbons (Fsp3) is 0.350. The van der Waals surface area contributed by atoms with Crippen molar-refractivity contribution in [2.24, 2.45) is 0 Å². The van der Waals surface area contributed by atoms with Gasteiger partial charge in [-0.05, 0) is 50.2 Å². The smallest absolute Gasteiger partial charge is 0.241 e. The van der Waals surface area contributed by atoms with Crippen LogP contribution < -0.4 is 19.1 Å². The van der Waals surface area contributed by atoms with Gasteiger partial charge >= 0.3 is 0 Å². The molecule has 152 valence electrons. The summed E-state index contributed by atoms with van der Waals surface area (Å²) in [6.07, 6.45) is 1.08. The van der Waals surface area contributed by atoms with Crippen LogP contribution in [0.5, 0.6) is 11.5 Å². The van der Waals surface area contributed by atoms with E-state index in [2.05, 4.69) is 5.32 Å². The van der Waals surface area contributed by atoms with Crippen molar-refractivity contribution < 1.29 is 22.7 Å². The monoisotopic (exact) mass is 406 g/mol. The van der Waals surface area contributed by atoms with E-state index < -0.39 is 15.9 Å². The minimum atomic E-state index is -3.59. The molecule has 7 nitrogen and oxygen atoms in total. The number of nitrogens with one attached hydrogen (secondary N) is 1. The Hall–Kier alpha value is -2.74. The summed E-state index contributed by atoms with van der Waals surface area (Å²) in [6, 6.07) is 13.8. The van der Waals surface area contributed by atoms with E-state index in [4.69, 9.17) is 9.47 Å². The van der Waals surface area contributed by atoms with E-state index >= 15 is 0 Å². The summed E-state index contributed by atoms with van der Waals surface area (Å²) in [5.41, 5.74) is 1.45. The standard InChI is InChI=1S/C20H26N2O5S/c1-15-5-7-17(8-6-15)22(28(4,24)25)13-20(23)21-16(2)14-27-19-11-9-18(26-3)10-12-19/h5-12,16H,13-14H2,1-4H3,(H,21,23)/t16-/m0/s1. The molecule has 0 fully saturated rings. The van der Waals surface area contributed by atoms with Gasteiger partial charge in [-0.1, -0.05) is 17.7 Å². The number of benzene rings is 2. The molecule has 1 atom stereocenters. The molecule has 2 rings (SSSR count). The first kappa shape index (κ1) is 21.6. The highest BCUT2D eigenvalue weighted by Crippen LogP contribution is 2.18. The van der Waals surface area contributed by atoms with Gasteiger partial charge < -0.3 is 14.8 Å². The molecule has 0 spiro atoms. The van der Waals surface area contributed by atoms with Gasteiger partial charge in [-0.3, -0.25) is 9.10 Å². The topological polar surface area (TPSA) is 84.9 Å². The zero-order chi connectivity index (χ0) is 20.7. The summed E-state index contributed by atoms with van der Waals surface area (Å²) in [5.74, 6) is 0.974. The average molecular weight is 407 g/mol. The zero-order valence-electron chi connectivity index (χ0n) is 16.5. The molecule has 0 saturated carbocycles. The average Bonchev–Trinajstić information content (AvgIpc) is 2.65. The molecule has 0 radical (unpaired) electrons. The van der Waals surface area contributed by atoms with Crippen LogP contribution in [0, 0.1) is 6.92 Å². The summed E-state index contributed by atoms with van der Waals surface area (Å²) in [7, 11) is -2.01. The van der Waals surface area contributed by atoms with Crippen molar-refractivity contribution >= 4 is 21.6 Å². The fourth-order valence-corrected chi connectivity index (χ4v) is 3.35. The van der Waals surface area contributed by atoms with Gasteiger partial charge in [-0.25, -0.2) is 8.42 Å². The number of nitrogens with zero attached hydrogens (tertiary/aromatic N) is 1. The minimum absolute atomic E-state index is 0.251. The van der Waals surface area contributed by atoms with Gasteiger partial charge in [0.1, 0.15) is 24.7 Å². The first-order chi connectivity index (χ1) is 13.2. The highest BCUT2D eigenvalue weighted by atomic mass is 32.2. The number of anilines is 1. The Kier molecular flexibility index (Phi) is 7.28. The number of methoxy groups -OCH3 is 1. The van der Waals surface area contributed by atoms with Crippen molar-refractivity contribution in [2.75, 3.05) is 30.8 Å². The van der Waals surface area contributed by atoms with Crippen LogP contribution in [0.25, 0.3) is 0 Å². The summed E-state index contributed by atoms with van der Waals surface area (Å²) in [6.45, 7) is 3.65. The van der Waals surface area contributed by atoms with Crippen molar-refractivity contribution in [1.82, 2.24) is 5.32 Å². The molecule has 0 aromatic heterocycles. The number of sulfonamides is 1. The lowest BCUT2D eigenvalue weighted by Crippen LogP contribution is -2.44. The second-order valence-corrected chi connectivity index (χ2v) is 8.47. The first-order valence-corrected chi connectivity index (χ1v) is 10.6. The van der Waals surface area contributed by atoms with Gasteiger partial charge in [0.05, 0.1) is 25.1 Å². The van der Waals surface area contributed by atoms with Gasteiger partial charge in [0.25, 0.3) is 0 Å². The van der Waals surface area contributed by atoms with E-state index in [1.54, 1.807) is 62.6 Å². The van der Waals surface area contributed by atoms with Crippen LogP contribution in [0.4, 0.5) is 5.69 Å². The van der Waals surface area contributed by atoms with Gasteiger partial charge in [0.15, 0.2) is 0 Å². The number of ether oxygens (including phenoxy) is 2. The Morgan fingerprint density at radius 2 is 1.64 bits per heavy atom. The van der Waals surface area contributed by atoms with Crippen LogP contribution >= 0.6 is 0 Å². The lowest BCUT2D eigenvalue weighted by molar-refractivity contribution is -0.120. The number of aryl methyl sites for hydroxylation is 1. The molecule has 28 heavy (non-hydrogen) atoms. The van der Waals surface area contributed by atoms with Crippen molar-refractivity contribution in [3.8, 4) is 11.5 Å². The number of rotatable bonds is 9. The summed E-state index contributed by atoms with van der Waals surface area (Å²) in [4.78, 5) is 12.4. The molecule has 0 aliphatic heterocycles. The molecule has 0 saturated heterocycles. The third-order valence-corrected chi connectivity index (χ3v) is 5.12. The molecule has 0 bridgehead atoms. The number of carbonyl (C=O) groups excluding carboxylic acids is 1. The van der Waals surface area contributed by atoms with E-state index in [0.29, 0.717) is 11.4 Å². The van der Waals surface area contributed by atoms with Crippen molar-refractivity contribution in [3.05, 3.63) is 54.1 Å². The highest BCUT2D eigenvalue weighted by Gasteiger charge is 2.21. The van der Waals surface area contributed by atoms with Gasteiger partial charge in [-0.2, -0.15) is 0 Å². The predicted octanol–water partition coefficient (Wildman–Crippen LogP) is 2.35. The third-order valence-electron chi connectivity index (χ3n) is 3.98. The molecule has 2 aromatic rings. The van der Waals surface area contributed by atoms with Crippen molar-refractivity contribution in [1.29, 1.82) is 0 Å². The van der Waals surface area contributed by atoms with Crippen LogP contribution in [0.3, 0.4) is 0 Å². The Morgan fingerprint density at radius 1 is 1.07 bits per heavy atom. The maximum atomic E-state index is 12.4. The Labute approximate surface area is 166 Å². The lowest BCUT2D eigenvalue weighted by Gasteiger charge is -2.23. The van der Waals surface area contributed by atoms with Crippen molar-refractivity contribution in [3.63, 3.8) is 0 Å². The van der Waals surface area contributed by atoms with Crippen LogP contribution in [0.1, 0.15) is 12.5 Å². The quantitative estimate of drug-likeness (QED) is 0.691. The van der Waals surface area contributed by atoms with E-state index in [1.165, 1.54) is 0 Å². The molecule has 0 unspecified atom stereocenters. The second-order valence-electron chi connectivity index (χ2n) is 6.56. The molecular formula is C20H26N2O5S. The van der Waals surface area contributed by atoms with E-state index in [1.807, 2.05) is 6.92 Å². The summed E-state index contributed by atoms with van der Waals surface area (Å²) < 4.78 is 36.0. The Balaban J connectivity index is 1.93. The van der Waals surface area contributed by atoms with Crippen LogP contribution in [-0.4, -0.2) is 46.9 Å². The second kappa shape index (κ2) is 9.45. The largest absolute Gasteiger partial charge is 0.497 e. The SMILES string of the molecule is COc1ccc(OC[C@H](C)NC(=O)CN(c2ccc(C)cc2)S(C)(=O)=O)cc1. The normalized spacial score (nSPS) is 12.1. The lowest BCUT2D eigenvalue weighted by atomic mass is 10.2. The number of hydrogen-bond donors (Lipinski definition) is 1. The maximum Gasteiger partial charge on any atom is 0.241 e. The van der Waals surface area contributed by atoms with Gasteiger partial charge in [0.2, 0.25) is 15.9 Å². The number of carbonyl (C=O) groups is 1. The number of amides is 1. The molecule has 1 amide bonds. The first-order valence-electron chi connectivity index (χ1n) is 8.79. The van der Waals surface area contributed by atoms with Crippen LogP contribution in [-0.2, 0) is 14.8 Å². The summed E-state index contributed by atoms with van der Waals surface area (Å²) >= 11 is 0. The summed E-state index contributed by atoms with van der Waals surface area (Å²) in [5, 5.41) is 2.76. The van der Waals surface area contributed by atoms with Crippen molar-refractivity contribution in [2.45, 2.75) is 19.9 Å². The van der Waals surface area contributed by atoms with Gasteiger partial charge in [0, 0.05) is 0 Å². The number of hydrogen-bond acceptors (Lipinski definition) is 5. The molecule has 0 heterocycles. The zero-order valence-corrected chi connectivity index (χ0v) is 17.3. The van der Waals surface area contributed by atoms with E-state index in [-0.39, 0.29) is 19.2 Å². The van der Waals surface area contributed by atoms with E-state index in [9.17, 15) is 13.2 Å². The molecule has 0 aliphatic rings. The Morgan fingerprint density at radius 3 is 2.18 bits per heavy atom.